The lowest BCUT2D eigenvalue weighted by Gasteiger charge is -2.05. The number of hydrogen-bond donors (Lipinski definition) is 2. The first-order chi connectivity index (χ1) is 9.50. The monoisotopic (exact) mass is 280 g/mol. The molecule has 2 N–H and O–H groups in total. The summed E-state index contributed by atoms with van der Waals surface area (Å²) in [6.45, 7) is 9.23. The zero-order valence-corrected chi connectivity index (χ0v) is 13.2. The largest absolute Gasteiger partial charge is 0.349 e. The molecule has 1 amide bonds. The molecule has 0 unspecified atom stereocenters. The standard InChI is InChI=1S/C15H28N4O/c1-11(2)9-7-5-6-8-10-16-15(20)14-17-13(12(3)4)18-19-14/h11-12H,5-10H2,1-4H3,(H,16,20)(H,17,18,19). The highest BCUT2D eigenvalue weighted by molar-refractivity contribution is 5.90. The van der Waals surface area contributed by atoms with Gasteiger partial charge in [0.15, 0.2) is 0 Å². The fraction of sp³-hybridized carbons (Fsp3) is 0.800. The Morgan fingerprint density at radius 2 is 1.85 bits per heavy atom. The first-order valence-corrected chi connectivity index (χ1v) is 7.71. The number of hydrogen-bond acceptors (Lipinski definition) is 3. The molecule has 0 fully saturated rings. The van der Waals surface area contributed by atoms with E-state index in [1.165, 1.54) is 19.3 Å². The van der Waals surface area contributed by atoms with E-state index in [-0.39, 0.29) is 17.6 Å². The molecule has 0 aliphatic carbocycles. The Balaban J connectivity index is 2.13. The molecule has 5 heteroatoms. The molecule has 0 atom stereocenters. The number of aromatic nitrogens is 3. The minimum atomic E-state index is -0.185. The summed E-state index contributed by atoms with van der Waals surface area (Å²) in [5, 5.41) is 9.60. The van der Waals surface area contributed by atoms with Crippen LogP contribution in [0.4, 0.5) is 0 Å². The minimum Gasteiger partial charge on any atom is -0.349 e. The summed E-state index contributed by atoms with van der Waals surface area (Å²) in [6, 6.07) is 0. The van der Waals surface area contributed by atoms with Crippen molar-refractivity contribution in [3.8, 4) is 0 Å². The summed E-state index contributed by atoms with van der Waals surface area (Å²) in [7, 11) is 0. The lowest BCUT2D eigenvalue weighted by atomic mass is 10.0. The molecule has 0 aromatic carbocycles. The van der Waals surface area contributed by atoms with Crippen LogP contribution >= 0.6 is 0 Å². The summed E-state index contributed by atoms with van der Waals surface area (Å²) in [5.74, 6) is 1.85. The van der Waals surface area contributed by atoms with Crippen LogP contribution in [0.5, 0.6) is 0 Å². The smallest absolute Gasteiger partial charge is 0.290 e. The Morgan fingerprint density at radius 1 is 1.15 bits per heavy atom. The maximum absolute atomic E-state index is 11.8. The second-order valence-electron chi connectivity index (χ2n) is 6.05. The second-order valence-corrected chi connectivity index (χ2v) is 6.05. The van der Waals surface area contributed by atoms with Crippen LogP contribution in [0, 0.1) is 5.92 Å². The minimum absolute atomic E-state index is 0.185. The van der Waals surface area contributed by atoms with Gasteiger partial charge in [0.25, 0.3) is 5.91 Å². The molecule has 114 valence electrons. The van der Waals surface area contributed by atoms with Crippen molar-refractivity contribution in [3.63, 3.8) is 0 Å². The fourth-order valence-electron chi connectivity index (χ4n) is 1.95. The van der Waals surface area contributed by atoms with E-state index in [0.29, 0.717) is 6.54 Å². The summed E-state index contributed by atoms with van der Waals surface area (Å²) >= 11 is 0. The van der Waals surface area contributed by atoms with Gasteiger partial charge in [0, 0.05) is 12.5 Å². The van der Waals surface area contributed by atoms with Crippen molar-refractivity contribution in [2.75, 3.05) is 6.54 Å². The molecule has 1 aromatic heterocycles. The molecular weight excluding hydrogens is 252 g/mol. The van der Waals surface area contributed by atoms with Crippen LogP contribution in [0.1, 0.15) is 82.2 Å². The number of nitrogens with one attached hydrogen (secondary N) is 2. The van der Waals surface area contributed by atoms with Gasteiger partial charge in [-0.25, -0.2) is 4.98 Å². The molecule has 1 heterocycles. The van der Waals surface area contributed by atoms with Crippen LogP contribution in [0.3, 0.4) is 0 Å². The first-order valence-electron chi connectivity index (χ1n) is 7.71. The molecule has 20 heavy (non-hydrogen) atoms. The maximum Gasteiger partial charge on any atom is 0.290 e. The van der Waals surface area contributed by atoms with Gasteiger partial charge in [-0.2, -0.15) is 0 Å². The van der Waals surface area contributed by atoms with E-state index >= 15 is 0 Å². The predicted octanol–water partition coefficient (Wildman–Crippen LogP) is 3.26. The van der Waals surface area contributed by atoms with E-state index in [0.717, 1.165) is 24.6 Å². The van der Waals surface area contributed by atoms with Crippen molar-refractivity contribution in [1.82, 2.24) is 20.5 Å². The van der Waals surface area contributed by atoms with Crippen molar-refractivity contribution in [2.45, 2.75) is 65.7 Å². The zero-order valence-electron chi connectivity index (χ0n) is 13.2. The molecule has 0 saturated heterocycles. The van der Waals surface area contributed by atoms with Gasteiger partial charge < -0.3 is 5.32 Å². The van der Waals surface area contributed by atoms with Crippen LogP contribution in [0.2, 0.25) is 0 Å². The molecule has 5 nitrogen and oxygen atoms in total. The normalized spacial score (nSPS) is 11.3. The summed E-state index contributed by atoms with van der Waals surface area (Å²) < 4.78 is 0. The third kappa shape index (κ3) is 6.17. The van der Waals surface area contributed by atoms with Crippen molar-refractivity contribution >= 4 is 5.91 Å². The topological polar surface area (TPSA) is 70.7 Å². The molecule has 0 aliphatic rings. The van der Waals surface area contributed by atoms with Crippen molar-refractivity contribution in [2.24, 2.45) is 5.92 Å². The average Bonchev–Trinajstić information content (AvgIpc) is 2.86. The Hall–Kier alpha value is -1.39. The number of nitrogens with zero attached hydrogens (tertiary/aromatic N) is 2. The highest BCUT2D eigenvalue weighted by Crippen LogP contribution is 2.09. The second kappa shape index (κ2) is 8.72. The highest BCUT2D eigenvalue weighted by Gasteiger charge is 2.13. The Bertz CT molecular complexity index is 398. The number of carbonyl (C=O) groups is 1. The van der Waals surface area contributed by atoms with Gasteiger partial charge in [0.2, 0.25) is 5.82 Å². The van der Waals surface area contributed by atoms with Crippen molar-refractivity contribution in [3.05, 3.63) is 11.6 Å². The third-order valence-electron chi connectivity index (χ3n) is 3.25. The number of H-pyrrole nitrogens is 1. The van der Waals surface area contributed by atoms with Gasteiger partial charge in [-0.1, -0.05) is 53.4 Å². The molecule has 0 bridgehead atoms. The van der Waals surface area contributed by atoms with E-state index in [1.54, 1.807) is 0 Å². The first kappa shape index (κ1) is 16.7. The Labute approximate surface area is 122 Å². The van der Waals surface area contributed by atoms with Crippen LogP contribution in [-0.2, 0) is 0 Å². The van der Waals surface area contributed by atoms with Crippen molar-refractivity contribution in [1.29, 1.82) is 0 Å². The van der Waals surface area contributed by atoms with E-state index < -0.39 is 0 Å². The van der Waals surface area contributed by atoms with E-state index in [1.807, 2.05) is 13.8 Å². The highest BCUT2D eigenvalue weighted by atomic mass is 16.2. The Morgan fingerprint density at radius 3 is 2.45 bits per heavy atom. The lowest BCUT2D eigenvalue weighted by molar-refractivity contribution is 0.0943. The van der Waals surface area contributed by atoms with Crippen LogP contribution in [-0.4, -0.2) is 27.6 Å². The van der Waals surface area contributed by atoms with Gasteiger partial charge >= 0.3 is 0 Å². The fourth-order valence-corrected chi connectivity index (χ4v) is 1.95. The zero-order chi connectivity index (χ0) is 15.0. The third-order valence-corrected chi connectivity index (χ3v) is 3.25. The number of aromatic amines is 1. The van der Waals surface area contributed by atoms with Crippen molar-refractivity contribution < 1.29 is 4.79 Å². The molecule has 0 radical (unpaired) electrons. The van der Waals surface area contributed by atoms with Gasteiger partial charge in [-0.05, 0) is 12.3 Å². The summed E-state index contributed by atoms with van der Waals surface area (Å²) in [4.78, 5) is 16.0. The SMILES string of the molecule is CC(C)CCCCCCNC(=O)c1n[nH]c(C(C)C)n1. The molecule has 0 saturated carbocycles. The predicted molar refractivity (Wildman–Crippen MR) is 80.7 cm³/mol. The molecule has 1 aromatic rings. The van der Waals surface area contributed by atoms with E-state index in [2.05, 4.69) is 34.3 Å². The van der Waals surface area contributed by atoms with Gasteiger partial charge in [-0.3, -0.25) is 9.89 Å². The molecule has 1 rings (SSSR count). The quantitative estimate of drug-likeness (QED) is 0.682. The van der Waals surface area contributed by atoms with E-state index in [4.69, 9.17) is 0 Å². The van der Waals surface area contributed by atoms with Gasteiger partial charge in [0.1, 0.15) is 5.82 Å². The van der Waals surface area contributed by atoms with E-state index in [9.17, 15) is 4.79 Å². The lowest BCUT2D eigenvalue weighted by Crippen LogP contribution is -2.25. The molecule has 0 spiro atoms. The number of rotatable bonds is 9. The average molecular weight is 280 g/mol. The van der Waals surface area contributed by atoms with Crippen LogP contribution in [0.15, 0.2) is 0 Å². The van der Waals surface area contributed by atoms with Gasteiger partial charge in [-0.15, -0.1) is 5.10 Å². The molecule has 0 aliphatic heterocycles. The number of carbonyl (C=O) groups excluding carboxylic acids is 1. The number of unbranched alkanes of at least 4 members (excludes halogenated alkanes) is 3. The summed E-state index contributed by atoms with van der Waals surface area (Å²) in [5.41, 5.74) is 0. The number of amides is 1. The Kier molecular flexibility index (Phi) is 7.26. The van der Waals surface area contributed by atoms with Crippen LogP contribution < -0.4 is 5.32 Å². The van der Waals surface area contributed by atoms with Crippen LogP contribution in [0.25, 0.3) is 0 Å². The summed E-state index contributed by atoms with van der Waals surface area (Å²) in [6.07, 6.45) is 6.00. The van der Waals surface area contributed by atoms with Gasteiger partial charge in [0.05, 0.1) is 0 Å². The maximum atomic E-state index is 11.8. The molecular formula is C15H28N4O.